The topological polar surface area (TPSA) is 90.1 Å². The number of halogens is 1. The molecule has 1 aromatic carbocycles. The molecule has 1 amide bonds. The van der Waals surface area contributed by atoms with Crippen molar-refractivity contribution in [1.29, 1.82) is 0 Å². The maximum Gasteiger partial charge on any atom is 0.312 e. The zero-order valence-corrected chi connectivity index (χ0v) is 13.6. The largest absolute Gasteiger partial charge is 0.326 e. The molecule has 7 nitrogen and oxygen atoms in total. The molecule has 0 spiro atoms. The number of nitrogens with one attached hydrogen (secondary N) is 1. The fourth-order valence-electron chi connectivity index (χ4n) is 2.32. The molecule has 0 aliphatic heterocycles. The van der Waals surface area contributed by atoms with Gasteiger partial charge in [0, 0.05) is 23.7 Å². The Morgan fingerprint density at radius 2 is 2.00 bits per heavy atom. The highest BCUT2D eigenvalue weighted by Gasteiger charge is 2.21. The van der Waals surface area contributed by atoms with Crippen LogP contribution in [0.2, 0.25) is 5.02 Å². The van der Waals surface area contributed by atoms with E-state index in [0.29, 0.717) is 41.5 Å². The SMILES string of the molecule is Cc1nn(CCCC(=O)Nc2ccc(Cl)cc2)c(C)c1[N+](=O)[O-]. The minimum Gasteiger partial charge on any atom is -0.326 e. The molecule has 2 aromatic rings. The molecule has 23 heavy (non-hydrogen) atoms. The van der Waals surface area contributed by atoms with Gasteiger partial charge in [0.2, 0.25) is 5.91 Å². The lowest BCUT2D eigenvalue weighted by molar-refractivity contribution is -0.386. The average molecular weight is 337 g/mol. The Kier molecular flexibility index (Phi) is 5.33. The van der Waals surface area contributed by atoms with Crippen molar-refractivity contribution in [3.8, 4) is 0 Å². The van der Waals surface area contributed by atoms with E-state index < -0.39 is 4.92 Å². The average Bonchev–Trinajstić information content (AvgIpc) is 2.76. The predicted molar refractivity (Wildman–Crippen MR) is 87.7 cm³/mol. The molecule has 0 radical (unpaired) electrons. The van der Waals surface area contributed by atoms with Gasteiger partial charge in [-0.1, -0.05) is 11.6 Å². The highest BCUT2D eigenvalue weighted by molar-refractivity contribution is 6.30. The van der Waals surface area contributed by atoms with Crippen molar-refractivity contribution in [1.82, 2.24) is 9.78 Å². The number of rotatable bonds is 6. The Balaban J connectivity index is 1.87. The van der Waals surface area contributed by atoms with Crippen LogP contribution in [-0.4, -0.2) is 20.6 Å². The minimum atomic E-state index is -0.429. The van der Waals surface area contributed by atoms with Gasteiger partial charge < -0.3 is 5.32 Å². The van der Waals surface area contributed by atoms with Crippen molar-refractivity contribution in [3.05, 3.63) is 50.8 Å². The lowest BCUT2D eigenvalue weighted by Crippen LogP contribution is -2.13. The molecule has 0 bridgehead atoms. The van der Waals surface area contributed by atoms with Crippen LogP contribution in [0.25, 0.3) is 0 Å². The number of amides is 1. The Morgan fingerprint density at radius 1 is 1.35 bits per heavy atom. The van der Waals surface area contributed by atoms with Crippen LogP contribution in [0.15, 0.2) is 24.3 Å². The third kappa shape index (κ3) is 4.29. The number of aromatic nitrogens is 2. The van der Waals surface area contributed by atoms with Gasteiger partial charge in [-0.25, -0.2) is 0 Å². The van der Waals surface area contributed by atoms with Crippen molar-refractivity contribution >= 4 is 28.9 Å². The minimum absolute atomic E-state index is 0.0376. The van der Waals surface area contributed by atoms with Crippen LogP contribution in [0.5, 0.6) is 0 Å². The summed E-state index contributed by atoms with van der Waals surface area (Å²) in [6.45, 7) is 3.72. The van der Waals surface area contributed by atoms with Crippen LogP contribution in [0, 0.1) is 24.0 Å². The number of carbonyl (C=O) groups excluding carboxylic acids is 1. The fourth-order valence-corrected chi connectivity index (χ4v) is 2.44. The summed E-state index contributed by atoms with van der Waals surface area (Å²) in [5, 5.41) is 18.5. The van der Waals surface area contributed by atoms with Gasteiger partial charge in [-0.15, -0.1) is 0 Å². The molecule has 122 valence electrons. The number of hydrogen-bond acceptors (Lipinski definition) is 4. The summed E-state index contributed by atoms with van der Waals surface area (Å²) in [5.74, 6) is -0.122. The second-order valence-electron chi connectivity index (χ2n) is 5.16. The van der Waals surface area contributed by atoms with Crippen molar-refractivity contribution in [3.63, 3.8) is 0 Å². The van der Waals surface area contributed by atoms with Gasteiger partial charge in [-0.3, -0.25) is 19.6 Å². The van der Waals surface area contributed by atoms with Gasteiger partial charge in [-0.2, -0.15) is 5.10 Å². The first-order valence-electron chi connectivity index (χ1n) is 7.12. The van der Waals surface area contributed by atoms with E-state index in [9.17, 15) is 14.9 Å². The molecule has 0 saturated heterocycles. The quantitative estimate of drug-likeness (QED) is 0.646. The van der Waals surface area contributed by atoms with Crippen LogP contribution in [0.1, 0.15) is 24.2 Å². The molecule has 0 fully saturated rings. The van der Waals surface area contributed by atoms with Crippen molar-refractivity contribution in [2.24, 2.45) is 0 Å². The molecular formula is C15H17ClN4O3. The van der Waals surface area contributed by atoms with Gasteiger partial charge in [0.1, 0.15) is 11.4 Å². The number of nitrogens with zero attached hydrogens (tertiary/aromatic N) is 3. The van der Waals surface area contributed by atoms with E-state index in [0.717, 1.165) is 0 Å². The first-order chi connectivity index (χ1) is 10.9. The van der Waals surface area contributed by atoms with Gasteiger partial charge in [0.25, 0.3) is 0 Å². The van der Waals surface area contributed by atoms with Crippen molar-refractivity contribution in [2.45, 2.75) is 33.2 Å². The highest BCUT2D eigenvalue weighted by Crippen LogP contribution is 2.22. The monoisotopic (exact) mass is 336 g/mol. The molecular weight excluding hydrogens is 320 g/mol. The first-order valence-corrected chi connectivity index (χ1v) is 7.50. The summed E-state index contributed by atoms with van der Waals surface area (Å²) in [4.78, 5) is 22.4. The third-order valence-electron chi connectivity index (χ3n) is 3.43. The molecule has 1 aromatic heterocycles. The summed E-state index contributed by atoms with van der Waals surface area (Å²) in [6, 6.07) is 6.85. The van der Waals surface area contributed by atoms with Gasteiger partial charge in [0.05, 0.1) is 4.92 Å². The molecule has 0 unspecified atom stereocenters. The first kappa shape index (κ1) is 17.0. The Morgan fingerprint density at radius 3 is 2.57 bits per heavy atom. The zero-order valence-electron chi connectivity index (χ0n) is 12.9. The van der Waals surface area contributed by atoms with Gasteiger partial charge in [0.15, 0.2) is 0 Å². The van der Waals surface area contributed by atoms with E-state index in [1.165, 1.54) is 0 Å². The molecule has 0 atom stereocenters. The maximum absolute atomic E-state index is 11.9. The van der Waals surface area contributed by atoms with E-state index >= 15 is 0 Å². The number of carbonyl (C=O) groups is 1. The lowest BCUT2D eigenvalue weighted by Gasteiger charge is -2.06. The van der Waals surface area contributed by atoms with Gasteiger partial charge in [-0.05, 0) is 44.5 Å². The van der Waals surface area contributed by atoms with E-state index in [1.807, 2.05) is 0 Å². The Bertz CT molecular complexity index is 725. The van der Waals surface area contributed by atoms with E-state index in [4.69, 9.17) is 11.6 Å². The van der Waals surface area contributed by atoms with Crippen molar-refractivity contribution in [2.75, 3.05) is 5.32 Å². The van der Waals surface area contributed by atoms with Crippen molar-refractivity contribution < 1.29 is 9.72 Å². The van der Waals surface area contributed by atoms with E-state index in [1.54, 1.807) is 42.8 Å². The predicted octanol–water partition coefficient (Wildman–Crippen LogP) is 3.48. The molecule has 0 saturated carbocycles. The number of aryl methyl sites for hydroxylation is 2. The number of anilines is 1. The van der Waals surface area contributed by atoms with E-state index in [-0.39, 0.29) is 11.6 Å². The number of benzene rings is 1. The van der Waals surface area contributed by atoms with E-state index in [2.05, 4.69) is 10.4 Å². The lowest BCUT2D eigenvalue weighted by atomic mass is 10.2. The Hall–Kier alpha value is -2.41. The zero-order chi connectivity index (χ0) is 17.0. The normalized spacial score (nSPS) is 10.6. The molecule has 1 heterocycles. The Labute approximate surface area is 138 Å². The standard InChI is InChI=1S/C15H17ClN4O3/c1-10-15(20(22)23)11(2)19(18-10)9-3-4-14(21)17-13-7-5-12(16)6-8-13/h5-8H,3-4,9H2,1-2H3,(H,17,21). The molecule has 1 N–H and O–H groups in total. The third-order valence-corrected chi connectivity index (χ3v) is 3.68. The molecule has 0 aliphatic rings. The van der Waals surface area contributed by atoms with Crippen LogP contribution in [-0.2, 0) is 11.3 Å². The summed E-state index contributed by atoms with van der Waals surface area (Å²) in [7, 11) is 0. The number of hydrogen-bond donors (Lipinski definition) is 1. The highest BCUT2D eigenvalue weighted by atomic mass is 35.5. The van der Waals surface area contributed by atoms with Crippen LogP contribution in [0.4, 0.5) is 11.4 Å². The molecule has 0 aliphatic carbocycles. The molecule has 8 heteroatoms. The smallest absolute Gasteiger partial charge is 0.312 e. The second kappa shape index (κ2) is 7.23. The summed E-state index contributed by atoms with van der Waals surface area (Å²) >= 11 is 5.78. The fraction of sp³-hybridized carbons (Fsp3) is 0.333. The van der Waals surface area contributed by atoms with Crippen LogP contribution in [0.3, 0.4) is 0 Å². The summed E-state index contributed by atoms with van der Waals surface area (Å²) in [5.41, 5.74) is 1.61. The van der Waals surface area contributed by atoms with Gasteiger partial charge >= 0.3 is 5.69 Å². The summed E-state index contributed by atoms with van der Waals surface area (Å²) < 4.78 is 1.57. The number of nitro groups is 1. The summed E-state index contributed by atoms with van der Waals surface area (Å²) in [6.07, 6.45) is 0.841. The molecule has 2 rings (SSSR count). The van der Waals surface area contributed by atoms with Crippen LogP contribution >= 0.6 is 11.6 Å². The second-order valence-corrected chi connectivity index (χ2v) is 5.59. The maximum atomic E-state index is 11.9. The van der Waals surface area contributed by atoms with Crippen LogP contribution < -0.4 is 5.32 Å².